The van der Waals surface area contributed by atoms with E-state index < -0.39 is 29.5 Å². The highest BCUT2D eigenvalue weighted by Crippen LogP contribution is 2.25. The first-order chi connectivity index (χ1) is 14.1. The molecule has 1 aliphatic rings. The summed E-state index contributed by atoms with van der Waals surface area (Å²) in [6, 6.07) is 6.01. The minimum absolute atomic E-state index is 0.103. The molecule has 8 nitrogen and oxygen atoms in total. The monoisotopic (exact) mass is 414 g/mol. The molecule has 1 aromatic carbocycles. The molecule has 0 spiro atoms. The van der Waals surface area contributed by atoms with Crippen LogP contribution in [0.2, 0.25) is 0 Å². The maximum Gasteiger partial charge on any atom is 0.246 e. The number of carbonyl (C=O) groups is 2. The van der Waals surface area contributed by atoms with Crippen LogP contribution in [-0.2, 0) is 16.1 Å². The number of rotatable bonds is 5. The summed E-state index contributed by atoms with van der Waals surface area (Å²) in [6.45, 7) is 7.89. The largest absolute Gasteiger partial charge is 0.443 e. The molecule has 2 amide bonds. The molecule has 0 radical (unpaired) electrons. The van der Waals surface area contributed by atoms with E-state index in [9.17, 15) is 14.7 Å². The molecule has 30 heavy (non-hydrogen) atoms. The summed E-state index contributed by atoms with van der Waals surface area (Å²) in [5.74, 6) is -0.110. The molecule has 1 aliphatic heterocycles. The lowest BCUT2D eigenvalue weighted by Gasteiger charge is -2.32. The van der Waals surface area contributed by atoms with Gasteiger partial charge in [-0.1, -0.05) is 45.0 Å². The van der Waals surface area contributed by atoms with Gasteiger partial charge in [-0.2, -0.15) is 0 Å². The molecule has 3 atom stereocenters. The fourth-order valence-corrected chi connectivity index (χ4v) is 3.42. The molecular formula is C22H30N4O4. The highest BCUT2D eigenvalue weighted by molar-refractivity contribution is 6.00. The molecule has 0 bridgehead atoms. The molecule has 162 valence electrons. The number of amides is 2. The second-order valence-corrected chi connectivity index (χ2v) is 8.92. The quantitative estimate of drug-likeness (QED) is 0.679. The van der Waals surface area contributed by atoms with Crippen LogP contribution in [0.1, 0.15) is 38.4 Å². The summed E-state index contributed by atoms with van der Waals surface area (Å²) in [5, 5.41) is 12.8. The summed E-state index contributed by atoms with van der Waals surface area (Å²) in [5.41, 5.74) is 8.13. The van der Waals surface area contributed by atoms with Crippen molar-refractivity contribution in [3.8, 4) is 11.3 Å². The highest BCUT2D eigenvalue weighted by atomic mass is 16.3. The van der Waals surface area contributed by atoms with Crippen molar-refractivity contribution in [3.05, 3.63) is 41.9 Å². The van der Waals surface area contributed by atoms with Gasteiger partial charge >= 0.3 is 0 Å². The molecular weight excluding hydrogens is 384 g/mol. The summed E-state index contributed by atoms with van der Waals surface area (Å²) in [6.07, 6.45) is 1.07. The van der Waals surface area contributed by atoms with E-state index in [0.29, 0.717) is 12.3 Å². The summed E-state index contributed by atoms with van der Waals surface area (Å²) >= 11 is 0. The normalized spacial score (nSPS) is 20.2. The second-order valence-electron chi connectivity index (χ2n) is 8.92. The zero-order chi connectivity index (χ0) is 22.1. The Hall–Kier alpha value is -2.55. The van der Waals surface area contributed by atoms with Crippen molar-refractivity contribution in [2.45, 2.75) is 58.8 Å². The maximum atomic E-state index is 13.1. The number of benzene rings is 1. The van der Waals surface area contributed by atoms with Crippen molar-refractivity contribution in [3.63, 3.8) is 0 Å². The number of aryl methyl sites for hydroxylation is 1. The fourth-order valence-electron chi connectivity index (χ4n) is 3.42. The Balaban J connectivity index is 1.84. The van der Waals surface area contributed by atoms with Gasteiger partial charge in [-0.3, -0.25) is 14.5 Å². The van der Waals surface area contributed by atoms with Crippen LogP contribution < -0.4 is 11.1 Å². The Morgan fingerprint density at radius 2 is 2.00 bits per heavy atom. The van der Waals surface area contributed by atoms with Crippen molar-refractivity contribution in [1.29, 1.82) is 0 Å². The van der Waals surface area contributed by atoms with Gasteiger partial charge < -0.3 is 20.6 Å². The molecule has 2 aromatic rings. The Morgan fingerprint density at radius 3 is 2.50 bits per heavy atom. The minimum Gasteiger partial charge on any atom is -0.443 e. The number of β-amino-alcohol motifs (C(OH)–C–C–N with tert-alkyl or cyclic N) is 1. The lowest BCUT2D eigenvalue weighted by Crippen LogP contribution is -2.55. The van der Waals surface area contributed by atoms with E-state index in [-0.39, 0.29) is 18.9 Å². The molecule has 8 heteroatoms. The smallest absolute Gasteiger partial charge is 0.246 e. The van der Waals surface area contributed by atoms with E-state index in [0.717, 1.165) is 16.8 Å². The Morgan fingerprint density at radius 1 is 1.33 bits per heavy atom. The summed E-state index contributed by atoms with van der Waals surface area (Å²) < 4.78 is 5.42. The van der Waals surface area contributed by atoms with Crippen LogP contribution >= 0.6 is 0 Å². The van der Waals surface area contributed by atoms with Gasteiger partial charge in [0.2, 0.25) is 11.8 Å². The number of aromatic nitrogens is 1. The van der Waals surface area contributed by atoms with Crippen LogP contribution in [0.4, 0.5) is 0 Å². The Labute approximate surface area is 176 Å². The van der Waals surface area contributed by atoms with E-state index in [1.807, 2.05) is 52.0 Å². The molecule has 1 fully saturated rings. The number of carbonyl (C=O) groups excluding carboxylic acids is 2. The number of nitrogens with two attached hydrogens (primary N) is 1. The van der Waals surface area contributed by atoms with Crippen LogP contribution in [0, 0.1) is 12.3 Å². The number of aliphatic hydroxyl groups is 1. The van der Waals surface area contributed by atoms with Gasteiger partial charge in [-0.05, 0) is 24.3 Å². The molecule has 0 saturated carbocycles. The predicted molar refractivity (Wildman–Crippen MR) is 112 cm³/mol. The van der Waals surface area contributed by atoms with Crippen LogP contribution in [0.3, 0.4) is 0 Å². The van der Waals surface area contributed by atoms with E-state index >= 15 is 0 Å². The number of oxazole rings is 1. The Kier molecular flexibility index (Phi) is 6.40. The predicted octanol–water partition coefficient (Wildman–Crippen LogP) is 1.60. The average Bonchev–Trinajstić information content (AvgIpc) is 3.32. The molecule has 1 aromatic heterocycles. The van der Waals surface area contributed by atoms with Crippen LogP contribution in [0.15, 0.2) is 35.1 Å². The van der Waals surface area contributed by atoms with Crippen molar-refractivity contribution < 1.29 is 19.1 Å². The number of nitrogens with one attached hydrogen (secondary N) is 1. The molecule has 2 heterocycles. The molecule has 4 N–H and O–H groups in total. The molecule has 3 rings (SSSR count). The topological polar surface area (TPSA) is 122 Å². The van der Waals surface area contributed by atoms with Gasteiger partial charge in [-0.25, -0.2) is 4.98 Å². The van der Waals surface area contributed by atoms with E-state index in [1.54, 1.807) is 0 Å². The number of nitrogens with zero attached hydrogens (tertiary/aromatic N) is 2. The van der Waals surface area contributed by atoms with Gasteiger partial charge in [-0.15, -0.1) is 0 Å². The van der Waals surface area contributed by atoms with E-state index in [4.69, 9.17) is 10.2 Å². The average molecular weight is 415 g/mol. The van der Waals surface area contributed by atoms with Gasteiger partial charge in [0, 0.05) is 12.1 Å². The second kappa shape index (κ2) is 8.67. The zero-order valence-electron chi connectivity index (χ0n) is 17.9. The third-order valence-corrected chi connectivity index (χ3v) is 5.44. The maximum absolute atomic E-state index is 13.1. The van der Waals surface area contributed by atoms with Crippen molar-refractivity contribution in [2.24, 2.45) is 11.1 Å². The third kappa shape index (κ3) is 4.77. The standard InChI is InChI=1S/C22H30N4O4/c1-13-18(30-12-25-13)15-7-5-14(6-8-15)11-26(21(29)19(23)22(2,3)4)20(28)17-9-16(27)10-24-17/h5-8,12,16-17,19,24,27H,9-11,23H2,1-4H3/t16-,17+,19-/m1/s1. The van der Waals surface area contributed by atoms with Crippen molar-refractivity contribution >= 4 is 11.8 Å². The summed E-state index contributed by atoms with van der Waals surface area (Å²) in [4.78, 5) is 31.6. The van der Waals surface area contributed by atoms with Gasteiger partial charge in [0.25, 0.3) is 0 Å². The lowest BCUT2D eigenvalue weighted by molar-refractivity contribution is -0.149. The Bertz CT molecular complexity index is 901. The van der Waals surface area contributed by atoms with Gasteiger partial charge in [0.1, 0.15) is 0 Å². The van der Waals surface area contributed by atoms with Gasteiger partial charge in [0.15, 0.2) is 12.2 Å². The van der Waals surface area contributed by atoms with E-state index in [1.165, 1.54) is 11.3 Å². The summed E-state index contributed by atoms with van der Waals surface area (Å²) in [7, 11) is 0. The molecule has 1 saturated heterocycles. The van der Waals surface area contributed by atoms with Gasteiger partial charge in [0.05, 0.1) is 30.4 Å². The van der Waals surface area contributed by atoms with E-state index in [2.05, 4.69) is 10.3 Å². The van der Waals surface area contributed by atoms with Crippen molar-refractivity contribution in [2.75, 3.05) is 6.54 Å². The first kappa shape index (κ1) is 22.1. The van der Waals surface area contributed by atoms with Crippen LogP contribution in [-0.4, -0.2) is 51.5 Å². The zero-order valence-corrected chi connectivity index (χ0v) is 17.9. The van der Waals surface area contributed by atoms with Crippen LogP contribution in [0.5, 0.6) is 0 Å². The lowest BCUT2D eigenvalue weighted by atomic mass is 9.86. The first-order valence-electron chi connectivity index (χ1n) is 10.1. The highest BCUT2D eigenvalue weighted by Gasteiger charge is 2.38. The van der Waals surface area contributed by atoms with Crippen molar-refractivity contribution in [1.82, 2.24) is 15.2 Å². The first-order valence-corrected chi connectivity index (χ1v) is 10.1. The molecule has 0 unspecified atom stereocenters. The number of hydrogen-bond acceptors (Lipinski definition) is 7. The fraction of sp³-hybridized carbons (Fsp3) is 0.500. The minimum atomic E-state index is -0.830. The number of aliphatic hydroxyl groups excluding tert-OH is 1. The third-order valence-electron chi connectivity index (χ3n) is 5.44. The number of imide groups is 1. The van der Waals surface area contributed by atoms with Crippen LogP contribution in [0.25, 0.3) is 11.3 Å². The SMILES string of the molecule is Cc1ncoc1-c1ccc(CN(C(=O)[C@@H]2C[C@@H](O)CN2)C(=O)[C@@H](N)C(C)(C)C)cc1. The number of hydrogen-bond donors (Lipinski definition) is 3. The molecule has 0 aliphatic carbocycles.